The van der Waals surface area contributed by atoms with E-state index in [0.29, 0.717) is 11.0 Å². The number of hydrogen-bond acceptors (Lipinski definition) is 5. The van der Waals surface area contributed by atoms with Gasteiger partial charge in [0.2, 0.25) is 0 Å². The molecule has 0 saturated heterocycles. The average molecular weight is 216 g/mol. The first-order chi connectivity index (χ1) is 7.45. The number of anilines is 1. The van der Waals surface area contributed by atoms with Gasteiger partial charge in [-0.1, -0.05) is 0 Å². The molecule has 0 radical (unpaired) electrons. The summed E-state index contributed by atoms with van der Waals surface area (Å²) < 4.78 is 1.69. The minimum atomic E-state index is -0.256. The second-order valence-electron chi connectivity index (χ2n) is 4.50. The van der Waals surface area contributed by atoms with Gasteiger partial charge < -0.3 is 5.73 Å². The Hall–Kier alpha value is -2.16. The molecule has 0 aliphatic heterocycles. The highest BCUT2D eigenvalue weighted by molar-refractivity contribution is 5.90. The first kappa shape index (κ1) is 10.4. The van der Waals surface area contributed by atoms with Crippen LogP contribution >= 0.6 is 0 Å². The average Bonchev–Trinajstić information content (AvgIpc) is 2.57. The summed E-state index contributed by atoms with van der Waals surface area (Å²) in [5.41, 5.74) is 6.34. The highest BCUT2D eigenvalue weighted by atomic mass is 15.3. The molecule has 16 heavy (non-hydrogen) atoms. The van der Waals surface area contributed by atoms with Gasteiger partial charge >= 0.3 is 0 Å². The largest absolute Gasteiger partial charge is 0.383 e. The van der Waals surface area contributed by atoms with Crippen LogP contribution in [0, 0.1) is 11.3 Å². The zero-order chi connectivity index (χ0) is 11.9. The lowest BCUT2D eigenvalue weighted by molar-refractivity contribution is 0.365. The topological polar surface area (TPSA) is 93.4 Å². The first-order valence-corrected chi connectivity index (χ1v) is 4.85. The van der Waals surface area contributed by atoms with E-state index in [9.17, 15) is 0 Å². The van der Waals surface area contributed by atoms with Gasteiger partial charge in [-0.15, -0.1) is 0 Å². The lowest BCUT2D eigenvalue weighted by Gasteiger charge is -2.19. The Morgan fingerprint density at radius 1 is 1.38 bits per heavy atom. The van der Waals surface area contributed by atoms with Crippen molar-refractivity contribution in [2.75, 3.05) is 5.73 Å². The molecule has 82 valence electrons. The molecule has 2 rings (SSSR count). The van der Waals surface area contributed by atoms with Crippen LogP contribution in [0.15, 0.2) is 6.33 Å². The molecule has 2 aromatic heterocycles. The van der Waals surface area contributed by atoms with Gasteiger partial charge in [0.1, 0.15) is 18.2 Å². The molecule has 0 unspecified atom stereocenters. The number of nitriles is 1. The van der Waals surface area contributed by atoms with E-state index in [4.69, 9.17) is 11.0 Å². The van der Waals surface area contributed by atoms with E-state index < -0.39 is 0 Å². The van der Waals surface area contributed by atoms with Crippen molar-refractivity contribution >= 4 is 16.9 Å². The molecule has 6 heteroatoms. The molecule has 0 bridgehead atoms. The van der Waals surface area contributed by atoms with Crippen LogP contribution in [0.25, 0.3) is 11.0 Å². The van der Waals surface area contributed by atoms with Crippen LogP contribution in [0.5, 0.6) is 0 Å². The van der Waals surface area contributed by atoms with Gasteiger partial charge in [-0.25, -0.2) is 14.6 Å². The molecule has 0 aliphatic carbocycles. The molecule has 2 heterocycles. The summed E-state index contributed by atoms with van der Waals surface area (Å²) in [4.78, 5) is 8.01. The number of rotatable bonds is 0. The van der Waals surface area contributed by atoms with E-state index in [1.807, 2.05) is 26.8 Å². The van der Waals surface area contributed by atoms with Crippen molar-refractivity contribution in [3.63, 3.8) is 0 Å². The third-order valence-corrected chi connectivity index (χ3v) is 2.24. The van der Waals surface area contributed by atoms with Gasteiger partial charge in [0.05, 0.1) is 10.9 Å². The lowest BCUT2D eigenvalue weighted by Crippen LogP contribution is -2.23. The summed E-state index contributed by atoms with van der Waals surface area (Å²) in [7, 11) is 0. The SMILES string of the molecule is CC(C)(C)n1nc(C#N)c2c(N)ncnc21. The smallest absolute Gasteiger partial charge is 0.175 e. The number of fused-ring (bicyclic) bond motifs is 1. The van der Waals surface area contributed by atoms with Crippen molar-refractivity contribution in [2.45, 2.75) is 26.3 Å². The summed E-state index contributed by atoms with van der Waals surface area (Å²) in [6.07, 6.45) is 1.38. The van der Waals surface area contributed by atoms with E-state index >= 15 is 0 Å². The van der Waals surface area contributed by atoms with E-state index in [1.54, 1.807) is 4.68 Å². The maximum absolute atomic E-state index is 9.00. The number of hydrogen-bond donors (Lipinski definition) is 1. The summed E-state index contributed by atoms with van der Waals surface area (Å²) in [5, 5.41) is 13.7. The Morgan fingerprint density at radius 2 is 2.06 bits per heavy atom. The molecular weight excluding hydrogens is 204 g/mol. The zero-order valence-electron chi connectivity index (χ0n) is 9.39. The van der Waals surface area contributed by atoms with Crippen molar-refractivity contribution < 1.29 is 0 Å². The van der Waals surface area contributed by atoms with Gasteiger partial charge in [0.15, 0.2) is 11.3 Å². The van der Waals surface area contributed by atoms with E-state index in [1.165, 1.54) is 6.33 Å². The maximum Gasteiger partial charge on any atom is 0.175 e. The van der Waals surface area contributed by atoms with Crippen molar-refractivity contribution in [3.05, 3.63) is 12.0 Å². The second kappa shape index (κ2) is 3.17. The molecular formula is C10H12N6. The Bertz CT molecular complexity index is 584. The standard InChI is InChI=1S/C10H12N6/c1-10(2,3)16-9-7(6(4-11)15-16)8(12)13-5-14-9/h5H,1-3H3,(H2,12,13,14). The third-order valence-electron chi connectivity index (χ3n) is 2.24. The third kappa shape index (κ3) is 1.37. The van der Waals surface area contributed by atoms with Crippen molar-refractivity contribution in [3.8, 4) is 6.07 Å². The lowest BCUT2D eigenvalue weighted by atomic mass is 10.1. The van der Waals surface area contributed by atoms with Crippen LogP contribution in [0.2, 0.25) is 0 Å². The Morgan fingerprint density at radius 3 is 2.62 bits per heavy atom. The number of nitrogen functional groups attached to an aromatic ring is 1. The molecule has 0 aliphatic rings. The molecule has 0 fully saturated rings. The first-order valence-electron chi connectivity index (χ1n) is 4.85. The van der Waals surface area contributed by atoms with E-state index in [2.05, 4.69) is 15.1 Å². The van der Waals surface area contributed by atoms with Crippen LogP contribution in [-0.4, -0.2) is 19.7 Å². The molecule has 0 aromatic carbocycles. The van der Waals surface area contributed by atoms with Crippen LogP contribution < -0.4 is 5.73 Å². The van der Waals surface area contributed by atoms with Crippen LogP contribution in [0.3, 0.4) is 0 Å². The summed E-state index contributed by atoms with van der Waals surface area (Å²) in [6.45, 7) is 5.96. The quantitative estimate of drug-likeness (QED) is 0.710. The van der Waals surface area contributed by atoms with Crippen molar-refractivity contribution in [1.29, 1.82) is 5.26 Å². The Labute approximate surface area is 92.7 Å². The van der Waals surface area contributed by atoms with E-state index in [-0.39, 0.29) is 17.1 Å². The molecule has 2 aromatic rings. The van der Waals surface area contributed by atoms with Crippen LogP contribution in [0.4, 0.5) is 5.82 Å². The number of nitrogens with zero attached hydrogens (tertiary/aromatic N) is 5. The fourth-order valence-corrected chi connectivity index (χ4v) is 1.52. The number of aromatic nitrogens is 4. The van der Waals surface area contributed by atoms with E-state index in [0.717, 1.165) is 0 Å². The monoisotopic (exact) mass is 216 g/mol. The summed E-state index contributed by atoms with van der Waals surface area (Å²) >= 11 is 0. The summed E-state index contributed by atoms with van der Waals surface area (Å²) in [5.74, 6) is 0.289. The molecule has 2 N–H and O–H groups in total. The minimum absolute atomic E-state index is 0.256. The predicted octanol–water partition coefficient (Wildman–Crippen LogP) is 1.04. The molecule has 0 spiro atoms. The highest BCUT2D eigenvalue weighted by Gasteiger charge is 2.22. The fourth-order valence-electron chi connectivity index (χ4n) is 1.52. The van der Waals surface area contributed by atoms with Crippen molar-refractivity contribution in [1.82, 2.24) is 19.7 Å². The molecule has 6 nitrogen and oxygen atoms in total. The molecule has 0 saturated carbocycles. The van der Waals surface area contributed by atoms with Gasteiger partial charge in [0, 0.05) is 0 Å². The summed E-state index contributed by atoms with van der Waals surface area (Å²) in [6, 6.07) is 2.01. The normalized spacial score (nSPS) is 11.6. The fraction of sp³-hybridized carbons (Fsp3) is 0.400. The molecule has 0 atom stereocenters. The second-order valence-corrected chi connectivity index (χ2v) is 4.50. The van der Waals surface area contributed by atoms with Crippen LogP contribution in [0.1, 0.15) is 26.5 Å². The number of nitrogens with two attached hydrogens (primary N) is 1. The highest BCUT2D eigenvalue weighted by Crippen LogP contribution is 2.25. The van der Waals surface area contributed by atoms with Gasteiger partial charge in [0.25, 0.3) is 0 Å². The minimum Gasteiger partial charge on any atom is -0.383 e. The van der Waals surface area contributed by atoms with Crippen molar-refractivity contribution in [2.24, 2.45) is 0 Å². The predicted molar refractivity (Wildman–Crippen MR) is 59.4 cm³/mol. The zero-order valence-corrected chi connectivity index (χ0v) is 9.39. The van der Waals surface area contributed by atoms with Gasteiger partial charge in [-0.05, 0) is 20.8 Å². The Kier molecular flexibility index (Phi) is 2.05. The van der Waals surface area contributed by atoms with Crippen LogP contribution in [-0.2, 0) is 5.54 Å². The van der Waals surface area contributed by atoms with Gasteiger partial charge in [-0.3, -0.25) is 0 Å². The van der Waals surface area contributed by atoms with Gasteiger partial charge in [-0.2, -0.15) is 10.4 Å². The Balaban J connectivity index is 2.91. The molecule has 0 amide bonds. The maximum atomic E-state index is 9.00.